The van der Waals surface area contributed by atoms with Crippen LogP contribution in [0.15, 0.2) is 79.1 Å². The van der Waals surface area contributed by atoms with E-state index >= 15 is 0 Å². The molecule has 0 saturated carbocycles. The van der Waals surface area contributed by atoms with E-state index in [4.69, 9.17) is 0 Å². The lowest BCUT2D eigenvalue weighted by molar-refractivity contribution is -0.137. The van der Waals surface area contributed by atoms with Gasteiger partial charge in [-0.1, -0.05) is 31.2 Å². The first-order valence-corrected chi connectivity index (χ1v) is 15.0. The first-order chi connectivity index (χ1) is 21.7. The minimum Gasteiger partial charge on any atom is -0.367 e. The summed E-state index contributed by atoms with van der Waals surface area (Å²) >= 11 is 0. The molecule has 3 aromatic carbocycles. The summed E-state index contributed by atoms with van der Waals surface area (Å²) in [6.45, 7) is 3.08. The number of aromatic nitrogens is 2. The molecule has 0 aliphatic carbocycles. The van der Waals surface area contributed by atoms with E-state index in [-0.39, 0.29) is 29.6 Å². The van der Waals surface area contributed by atoms with Crippen LogP contribution >= 0.6 is 0 Å². The molecule has 7 rings (SSSR count). The van der Waals surface area contributed by atoms with E-state index in [0.29, 0.717) is 55.6 Å². The van der Waals surface area contributed by atoms with Crippen LogP contribution < -0.4 is 9.80 Å². The fraction of sp³-hybridized carbons (Fsp3) is 0.257. The van der Waals surface area contributed by atoms with Gasteiger partial charge in [0.25, 0.3) is 0 Å². The second-order valence-electron chi connectivity index (χ2n) is 11.4. The smallest absolute Gasteiger partial charge is 0.367 e. The summed E-state index contributed by atoms with van der Waals surface area (Å²) in [6.07, 6.45) is -0.185. The average Bonchev–Trinajstić information content (AvgIpc) is 3.06. The van der Waals surface area contributed by atoms with Crippen molar-refractivity contribution in [2.45, 2.75) is 32.4 Å². The maximum atomic E-state index is 14.6. The van der Waals surface area contributed by atoms with Gasteiger partial charge >= 0.3 is 6.18 Å². The molecule has 5 aromatic rings. The molecule has 4 heterocycles. The quantitative estimate of drug-likeness (QED) is 0.217. The van der Waals surface area contributed by atoms with Gasteiger partial charge in [-0.05, 0) is 60.0 Å². The van der Waals surface area contributed by atoms with E-state index in [1.165, 1.54) is 11.0 Å². The Morgan fingerprint density at radius 1 is 0.844 bits per heavy atom. The molecule has 2 aliphatic rings. The Bertz CT molecular complexity index is 1970. The molecular weight excluding hydrogens is 579 g/mol. The summed E-state index contributed by atoms with van der Waals surface area (Å²) in [5.41, 5.74) is 4.00. The predicted molar refractivity (Wildman–Crippen MR) is 168 cm³/mol. The van der Waals surface area contributed by atoms with Crippen LogP contribution in [0.3, 0.4) is 0 Å². The molecule has 0 unspecified atom stereocenters. The number of nitrogens with zero attached hydrogens (tertiary/aromatic N) is 5. The van der Waals surface area contributed by atoms with E-state index < -0.39 is 11.7 Å². The third-order valence-corrected chi connectivity index (χ3v) is 8.74. The maximum Gasteiger partial charge on any atom is 0.418 e. The molecule has 228 valence electrons. The highest BCUT2D eigenvalue weighted by atomic mass is 19.4. The predicted octanol–water partition coefficient (Wildman–Crippen LogP) is 7.14. The monoisotopic (exact) mass is 609 g/mol. The van der Waals surface area contributed by atoms with E-state index in [1.54, 1.807) is 35.2 Å². The van der Waals surface area contributed by atoms with Crippen LogP contribution in [0, 0.1) is 0 Å². The number of alkyl halides is 3. The highest BCUT2D eigenvalue weighted by Gasteiger charge is 2.38. The Balaban J connectivity index is 1.31. The molecular formula is C35H30F3N5O2. The standard InChI is InChI=1S/C35H30F3N5O2/c1-2-32(44)42-15-13-41(14-16-42)31-11-9-26(19-28(31)35(36,37)38)43-33(45)12-8-24-20-40-30-10-7-22(18-27(30)34(24)43)25-17-23-5-3-4-6-29(23)39-21-25/h3-7,9-11,17-21H,2,8,12-16H2,1H3. The zero-order valence-corrected chi connectivity index (χ0v) is 24.6. The van der Waals surface area contributed by atoms with Crippen molar-refractivity contribution in [2.24, 2.45) is 0 Å². The normalized spacial score (nSPS) is 15.6. The third kappa shape index (κ3) is 5.24. The van der Waals surface area contributed by atoms with Crippen molar-refractivity contribution in [3.8, 4) is 11.1 Å². The summed E-state index contributed by atoms with van der Waals surface area (Å²) in [5.74, 6) is -0.287. The lowest BCUT2D eigenvalue weighted by atomic mass is 9.96. The van der Waals surface area contributed by atoms with Crippen molar-refractivity contribution in [3.05, 3.63) is 90.3 Å². The van der Waals surface area contributed by atoms with Gasteiger partial charge in [0.2, 0.25) is 11.8 Å². The van der Waals surface area contributed by atoms with Crippen molar-refractivity contribution < 1.29 is 22.8 Å². The minimum absolute atomic E-state index is 0.00919. The number of halogens is 3. The van der Waals surface area contributed by atoms with E-state index in [0.717, 1.165) is 33.7 Å². The largest absolute Gasteiger partial charge is 0.418 e. The highest BCUT2D eigenvalue weighted by molar-refractivity contribution is 6.11. The number of hydrogen-bond donors (Lipinski definition) is 0. The van der Waals surface area contributed by atoms with Crippen LogP contribution in [-0.2, 0) is 22.2 Å². The molecule has 45 heavy (non-hydrogen) atoms. The molecule has 10 heteroatoms. The number of fused-ring (bicyclic) bond motifs is 4. The zero-order chi connectivity index (χ0) is 31.3. The van der Waals surface area contributed by atoms with Crippen molar-refractivity contribution in [3.63, 3.8) is 0 Å². The van der Waals surface area contributed by atoms with Gasteiger partial charge in [-0.15, -0.1) is 0 Å². The highest BCUT2D eigenvalue weighted by Crippen LogP contribution is 2.44. The van der Waals surface area contributed by atoms with Crippen molar-refractivity contribution in [1.29, 1.82) is 0 Å². The molecule has 0 bridgehead atoms. The van der Waals surface area contributed by atoms with Crippen LogP contribution in [0.25, 0.3) is 32.9 Å². The van der Waals surface area contributed by atoms with Crippen LogP contribution in [0.5, 0.6) is 0 Å². The molecule has 1 fully saturated rings. The fourth-order valence-electron chi connectivity index (χ4n) is 6.41. The van der Waals surface area contributed by atoms with Gasteiger partial charge in [0.15, 0.2) is 0 Å². The second kappa shape index (κ2) is 11.2. The van der Waals surface area contributed by atoms with Gasteiger partial charge in [-0.3, -0.25) is 24.5 Å². The first kappa shape index (κ1) is 28.8. The summed E-state index contributed by atoms with van der Waals surface area (Å²) in [6, 6.07) is 19.7. The molecule has 2 aliphatic heterocycles. The van der Waals surface area contributed by atoms with Gasteiger partial charge in [0, 0.05) is 79.1 Å². The number of benzene rings is 3. The Labute approximate surface area is 257 Å². The summed E-state index contributed by atoms with van der Waals surface area (Å²) < 4.78 is 43.8. The number of hydrogen-bond acceptors (Lipinski definition) is 5. The van der Waals surface area contributed by atoms with Gasteiger partial charge < -0.3 is 9.80 Å². The molecule has 2 amide bonds. The van der Waals surface area contributed by atoms with Crippen molar-refractivity contribution >= 4 is 50.7 Å². The van der Waals surface area contributed by atoms with Gasteiger partial charge in [-0.25, -0.2) is 0 Å². The van der Waals surface area contributed by atoms with Gasteiger partial charge in [0.05, 0.1) is 22.3 Å². The number of amides is 2. The lowest BCUT2D eigenvalue weighted by Gasteiger charge is -2.37. The third-order valence-electron chi connectivity index (χ3n) is 8.74. The van der Waals surface area contributed by atoms with E-state index in [1.807, 2.05) is 48.5 Å². The molecule has 0 atom stereocenters. The van der Waals surface area contributed by atoms with E-state index in [9.17, 15) is 22.8 Å². The van der Waals surface area contributed by atoms with Gasteiger partial charge in [0.1, 0.15) is 0 Å². The number of aryl methyl sites for hydroxylation is 1. The number of pyridine rings is 2. The lowest BCUT2D eigenvalue weighted by Crippen LogP contribution is -2.49. The Hall–Kier alpha value is -4.99. The average molecular weight is 610 g/mol. The fourth-order valence-corrected chi connectivity index (χ4v) is 6.41. The zero-order valence-electron chi connectivity index (χ0n) is 24.6. The molecule has 0 radical (unpaired) electrons. The van der Waals surface area contributed by atoms with Crippen molar-refractivity contribution in [2.75, 3.05) is 36.0 Å². The Morgan fingerprint density at radius 2 is 1.62 bits per heavy atom. The number of piperazine rings is 1. The number of anilines is 3. The minimum atomic E-state index is -4.65. The van der Waals surface area contributed by atoms with Crippen molar-refractivity contribution in [1.82, 2.24) is 14.9 Å². The number of carbonyl (C=O) groups is 2. The maximum absolute atomic E-state index is 14.6. The van der Waals surface area contributed by atoms with Gasteiger partial charge in [-0.2, -0.15) is 13.2 Å². The van der Waals surface area contributed by atoms with Crippen LogP contribution in [0.1, 0.15) is 30.9 Å². The first-order valence-electron chi connectivity index (χ1n) is 15.0. The summed E-state index contributed by atoms with van der Waals surface area (Å²) in [5, 5.41) is 1.67. The number of para-hydroxylation sites is 1. The second-order valence-corrected chi connectivity index (χ2v) is 11.4. The summed E-state index contributed by atoms with van der Waals surface area (Å²) in [4.78, 5) is 39.6. The Kier molecular flexibility index (Phi) is 7.14. The topological polar surface area (TPSA) is 69.6 Å². The number of rotatable bonds is 4. The molecule has 7 nitrogen and oxygen atoms in total. The van der Waals surface area contributed by atoms with Crippen LogP contribution in [0.4, 0.5) is 30.2 Å². The molecule has 0 N–H and O–H groups in total. The molecule has 2 aromatic heterocycles. The van der Waals surface area contributed by atoms with Crippen LogP contribution in [-0.4, -0.2) is 52.9 Å². The summed E-state index contributed by atoms with van der Waals surface area (Å²) in [7, 11) is 0. The molecule has 0 spiro atoms. The molecule has 1 saturated heterocycles. The van der Waals surface area contributed by atoms with Crippen LogP contribution in [0.2, 0.25) is 0 Å². The SMILES string of the molecule is CCC(=O)N1CCN(c2ccc(N3C(=O)CCc4cnc5ccc(-c6cnc7ccccc7c6)cc5c43)cc2C(F)(F)F)CC1. The number of carbonyl (C=O) groups excluding carboxylic acids is 2. The Morgan fingerprint density at radius 3 is 2.40 bits per heavy atom. The van der Waals surface area contributed by atoms with E-state index in [2.05, 4.69) is 9.97 Å².